The summed E-state index contributed by atoms with van der Waals surface area (Å²) in [5.74, 6) is 1.27. The van der Waals surface area contributed by atoms with Gasteiger partial charge in [-0.1, -0.05) is 24.8 Å². The third kappa shape index (κ3) is 3.87. The quantitative estimate of drug-likeness (QED) is 0.486. The van der Waals surface area contributed by atoms with Crippen LogP contribution < -0.4 is 15.5 Å². The Labute approximate surface area is 179 Å². The first-order valence-corrected chi connectivity index (χ1v) is 10.1. The molecule has 0 spiro atoms. The van der Waals surface area contributed by atoms with Gasteiger partial charge in [0.2, 0.25) is 11.9 Å². The number of rotatable bonds is 5. The minimum Gasteiger partial charge on any atom is -0.354 e. The molecule has 1 unspecified atom stereocenters. The second kappa shape index (κ2) is 7.98. The van der Waals surface area contributed by atoms with E-state index in [-0.39, 0.29) is 11.9 Å². The van der Waals surface area contributed by atoms with Gasteiger partial charge in [-0.05, 0) is 36.8 Å². The highest BCUT2D eigenvalue weighted by Gasteiger charge is 2.25. The molecule has 1 atom stereocenters. The van der Waals surface area contributed by atoms with Crippen molar-refractivity contribution in [3.63, 3.8) is 0 Å². The van der Waals surface area contributed by atoms with Gasteiger partial charge in [0.25, 0.3) is 0 Å². The number of hydrogen-bond acceptors (Lipinski definition) is 7. The molecule has 0 saturated carbocycles. The smallest absolute Gasteiger partial charge is 0.247 e. The van der Waals surface area contributed by atoms with Crippen LogP contribution >= 0.6 is 0 Å². The van der Waals surface area contributed by atoms with E-state index in [1.165, 1.54) is 6.08 Å². The minimum atomic E-state index is -0.252. The summed E-state index contributed by atoms with van der Waals surface area (Å²) in [6.07, 6.45) is 5.60. The fourth-order valence-corrected chi connectivity index (χ4v) is 3.86. The molecule has 4 aromatic rings. The Hall–Kier alpha value is -4.07. The summed E-state index contributed by atoms with van der Waals surface area (Å²) in [5, 5.41) is 8.19. The zero-order chi connectivity index (χ0) is 21.2. The van der Waals surface area contributed by atoms with Gasteiger partial charge in [-0.25, -0.2) is 19.9 Å². The molecule has 2 N–H and O–H groups in total. The Morgan fingerprint density at radius 1 is 1.13 bits per heavy atom. The maximum atomic E-state index is 11.6. The third-order valence-corrected chi connectivity index (χ3v) is 5.38. The van der Waals surface area contributed by atoms with E-state index in [9.17, 15) is 4.79 Å². The first-order chi connectivity index (χ1) is 15.2. The summed E-state index contributed by atoms with van der Waals surface area (Å²) in [7, 11) is 0. The Kier molecular flexibility index (Phi) is 4.87. The molecule has 1 amide bonds. The predicted octanol–water partition coefficient (Wildman–Crippen LogP) is 3.39. The molecule has 5 rings (SSSR count). The van der Waals surface area contributed by atoms with Gasteiger partial charge in [-0.15, -0.1) is 0 Å². The standard InChI is InChI=1S/C23H21N7O/c1-2-21(31)27-16-7-8-18-20(11-16)25-14-26-22(18)30-10-9-17(13-30)28-23-24-12-15-5-3-4-6-19(15)29-23/h2-8,11-12,14,17H,1,9-10,13H2,(H,27,31)(H,24,28,29). The molecule has 2 aromatic carbocycles. The van der Waals surface area contributed by atoms with Crippen molar-refractivity contribution in [3.05, 3.63) is 67.6 Å². The van der Waals surface area contributed by atoms with Gasteiger partial charge < -0.3 is 15.5 Å². The van der Waals surface area contributed by atoms with Gasteiger partial charge in [0.1, 0.15) is 12.1 Å². The average molecular weight is 411 g/mol. The number of hydrogen-bond donors (Lipinski definition) is 2. The second-order valence-corrected chi connectivity index (χ2v) is 7.45. The summed E-state index contributed by atoms with van der Waals surface area (Å²) >= 11 is 0. The van der Waals surface area contributed by atoms with Gasteiger partial charge in [0.05, 0.1) is 11.0 Å². The number of aromatic nitrogens is 4. The lowest BCUT2D eigenvalue weighted by molar-refractivity contribution is -0.111. The van der Waals surface area contributed by atoms with Crippen LogP contribution in [0.5, 0.6) is 0 Å². The highest BCUT2D eigenvalue weighted by Crippen LogP contribution is 2.28. The number of carbonyl (C=O) groups excluding carboxylic acids is 1. The van der Waals surface area contributed by atoms with Crippen LogP contribution in [0, 0.1) is 0 Å². The molecule has 1 fully saturated rings. The molecule has 1 aliphatic rings. The molecule has 31 heavy (non-hydrogen) atoms. The van der Waals surface area contributed by atoms with Crippen LogP contribution in [0.3, 0.4) is 0 Å². The molecule has 0 bridgehead atoms. The topological polar surface area (TPSA) is 95.9 Å². The molecule has 1 aliphatic heterocycles. The molecule has 0 aliphatic carbocycles. The highest BCUT2D eigenvalue weighted by molar-refractivity contribution is 6.01. The lowest BCUT2D eigenvalue weighted by Gasteiger charge is -2.19. The zero-order valence-electron chi connectivity index (χ0n) is 16.8. The van der Waals surface area contributed by atoms with Crippen LogP contribution in [0.25, 0.3) is 21.8 Å². The van der Waals surface area contributed by atoms with E-state index in [4.69, 9.17) is 0 Å². The third-order valence-electron chi connectivity index (χ3n) is 5.38. The number of fused-ring (bicyclic) bond motifs is 2. The fourth-order valence-electron chi connectivity index (χ4n) is 3.86. The highest BCUT2D eigenvalue weighted by atomic mass is 16.1. The maximum Gasteiger partial charge on any atom is 0.247 e. The van der Waals surface area contributed by atoms with Crippen LogP contribution in [-0.2, 0) is 4.79 Å². The van der Waals surface area contributed by atoms with E-state index in [0.717, 1.165) is 47.1 Å². The zero-order valence-corrected chi connectivity index (χ0v) is 16.8. The van der Waals surface area contributed by atoms with E-state index >= 15 is 0 Å². The molecular weight excluding hydrogens is 390 g/mol. The number of benzene rings is 2. The molecule has 8 nitrogen and oxygen atoms in total. The normalized spacial score (nSPS) is 15.9. The van der Waals surface area contributed by atoms with Crippen LogP contribution in [-0.4, -0.2) is 45.0 Å². The molecule has 1 saturated heterocycles. The minimum absolute atomic E-state index is 0.220. The van der Waals surface area contributed by atoms with Crippen molar-refractivity contribution in [2.45, 2.75) is 12.5 Å². The van der Waals surface area contributed by atoms with E-state index in [1.54, 1.807) is 6.33 Å². The van der Waals surface area contributed by atoms with Crippen LogP contribution in [0.4, 0.5) is 17.5 Å². The van der Waals surface area contributed by atoms with Crippen LogP contribution in [0.15, 0.2) is 67.6 Å². The Bertz CT molecular complexity index is 1290. The average Bonchev–Trinajstić information content (AvgIpc) is 3.26. The van der Waals surface area contributed by atoms with Crippen LogP contribution in [0.2, 0.25) is 0 Å². The van der Waals surface area contributed by atoms with Crippen molar-refractivity contribution in [1.82, 2.24) is 19.9 Å². The summed E-state index contributed by atoms with van der Waals surface area (Å²) in [6, 6.07) is 13.8. The second-order valence-electron chi connectivity index (χ2n) is 7.45. The predicted molar refractivity (Wildman–Crippen MR) is 122 cm³/mol. The van der Waals surface area contributed by atoms with Gasteiger partial charge in [-0.3, -0.25) is 4.79 Å². The molecule has 0 radical (unpaired) electrons. The number of anilines is 3. The van der Waals surface area contributed by atoms with Crippen molar-refractivity contribution >= 4 is 45.2 Å². The number of amides is 1. The molecule has 2 aromatic heterocycles. The monoisotopic (exact) mass is 411 g/mol. The largest absolute Gasteiger partial charge is 0.354 e. The number of carbonyl (C=O) groups is 1. The summed E-state index contributed by atoms with van der Waals surface area (Å²) in [6.45, 7) is 5.13. The van der Waals surface area contributed by atoms with Gasteiger partial charge >= 0.3 is 0 Å². The van der Waals surface area contributed by atoms with Crippen LogP contribution in [0.1, 0.15) is 6.42 Å². The van der Waals surface area contributed by atoms with Gasteiger partial charge in [-0.2, -0.15) is 0 Å². The lowest BCUT2D eigenvalue weighted by Crippen LogP contribution is -2.27. The van der Waals surface area contributed by atoms with Crippen molar-refractivity contribution in [2.75, 3.05) is 28.6 Å². The van der Waals surface area contributed by atoms with E-state index < -0.39 is 0 Å². The molecule has 154 valence electrons. The summed E-state index contributed by atoms with van der Waals surface area (Å²) < 4.78 is 0. The Balaban J connectivity index is 1.33. The van der Waals surface area contributed by atoms with Gasteiger partial charge in [0.15, 0.2) is 0 Å². The number of para-hydroxylation sites is 1. The first-order valence-electron chi connectivity index (χ1n) is 10.1. The summed E-state index contributed by atoms with van der Waals surface area (Å²) in [4.78, 5) is 31.8. The Morgan fingerprint density at radius 3 is 2.94 bits per heavy atom. The van der Waals surface area contributed by atoms with E-state index in [2.05, 4.69) is 42.0 Å². The van der Waals surface area contributed by atoms with Crippen molar-refractivity contribution in [2.24, 2.45) is 0 Å². The fraction of sp³-hybridized carbons (Fsp3) is 0.174. The van der Waals surface area contributed by atoms with Gasteiger partial charge in [0, 0.05) is 41.8 Å². The Morgan fingerprint density at radius 2 is 2.03 bits per heavy atom. The van der Waals surface area contributed by atoms with E-state index in [1.807, 2.05) is 48.7 Å². The molecule has 8 heteroatoms. The number of nitrogens with zero attached hydrogens (tertiary/aromatic N) is 5. The lowest BCUT2D eigenvalue weighted by atomic mass is 10.2. The summed E-state index contributed by atoms with van der Waals surface area (Å²) in [5.41, 5.74) is 2.38. The molecular formula is C23H21N7O. The first kappa shape index (κ1) is 18.9. The van der Waals surface area contributed by atoms with E-state index in [0.29, 0.717) is 11.6 Å². The van der Waals surface area contributed by atoms with Crippen molar-refractivity contribution in [1.29, 1.82) is 0 Å². The van der Waals surface area contributed by atoms with Crippen molar-refractivity contribution < 1.29 is 4.79 Å². The molecule has 3 heterocycles. The SMILES string of the molecule is C=CC(=O)Nc1ccc2c(N3CCC(Nc4ncc5ccccc5n4)C3)ncnc2c1. The number of nitrogens with one attached hydrogen (secondary N) is 2. The van der Waals surface area contributed by atoms with Crippen molar-refractivity contribution in [3.8, 4) is 0 Å². The maximum absolute atomic E-state index is 11.6.